The van der Waals surface area contributed by atoms with Crippen LogP contribution >= 0.6 is 12.4 Å². The minimum atomic E-state index is -1.03. The summed E-state index contributed by atoms with van der Waals surface area (Å²) < 4.78 is 18.7. The number of hydrogen-bond acceptors (Lipinski definition) is 5. The summed E-state index contributed by atoms with van der Waals surface area (Å²) in [7, 11) is 0. The van der Waals surface area contributed by atoms with Crippen LogP contribution in [0.2, 0.25) is 0 Å². The van der Waals surface area contributed by atoms with Gasteiger partial charge >= 0.3 is 6.09 Å². The van der Waals surface area contributed by atoms with Crippen molar-refractivity contribution >= 4 is 35.8 Å². The average molecular weight is 373 g/mol. The summed E-state index contributed by atoms with van der Waals surface area (Å²) in [6.07, 6.45) is -1.81. The molecule has 3 rings (SSSR count). The third-order valence-corrected chi connectivity index (χ3v) is 4.11. The van der Waals surface area contributed by atoms with Crippen LogP contribution in [0.3, 0.4) is 0 Å². The first kappa shape index (κ1) is 19.3. The van der Waals surface area contributed by atoms with Gasteiger partial charge in [-0.05, 0) is 24.3 Å². The van der Waals surface area contributed by atoms with E-state index in [1.807, 2.05) is 29.2 Å². The van der Waals surface area contributed by atoms with E-state index in [0.29, 0.717) is 26.2 Å². The first-order chi connectivity index (χ1) is 11.5. The van der Waals surface area contributed by atoms with Gasteiger partial charge in [0.2, 0.25) is 5.91 Å². The molecule has 1 aromatic carbocycles. The summed E-state index contributed by atoms with van der Waals surface area (Å²) in [4.78, 5) is 26.4. The Hall–Kier alpha value is -2.06. The van der Waals surface area contributed by atoms with E-state index in [4.69, 9.17) is 4.74 Å². The van der Waals surface area contributed by atoms with Crippen molar-refractivity contribution in [2.45, 2.75) is 19.3 Å². The molecule has 2 N–H and O–H groups in total. The first-order valence-corrected chi connectivity index (χ1v) is 7.98. The number of piperazine rings is 1. The van der Waals surface area contributed by atoms with Crippen molar-refractivity contribution < 1.29 is 18.7 Å². The molecular formula is C16H22ClFN4O3. The summed E-state index contributed by atoms with van der Waals surface area (Å²) in [5, 5.41) is 5.41. The lowest BCUT2D eigenvalue weighted by Crippen LogP contribution is -2.48. The molecule has 2 aliphatic heterocycles. The Bertz CT molecular complexity index is 616. The number of amides is 2. The number of nitrogens with one attached hydrogen (secondary N) is 2. The normalized spacial score (nSPS) is 23.0. The summed E-state index contributed by atoms with van der Waals surface area (Å²) in [5.74, 6) is -0.156. The molecule has 2 saturated heterocycles. The van der Waals surface area contributed by atoms with Crippen molar-refractivity contribution in [1.82, 2.24) is 10.6 Å². The Morgan fingerprint density at radius 3 is 2.64 bits per heavy atom. The van der Waals surface area contributed by atoms with Gasteiger partial charge < -0.3 is 15.0 Å². The number of benzene rings is 1. The van der Waals surface area contributed by atoms with Crippen LogP contribution in [0.1, 0.15) is 6.92 Å². The molecule has 1 aromatic rings. The van der Waals surface area contributed by atoms with Crippen LogP contribution in [0, 0.1) is 0 Å². The molecule has 0 radical (unpaired) electrons. The zero-order valence-electron chi connectivity index (χ0n) is 13.9. The van der Waals surface area contributed by atoms with E-state index in [-0.39, 0.29) is 24.4 Å². The first-order valence-electron chi connectivity index (χ1n) is 7.98. The van der Waals surface area contributed by atoms with Crippen LogP contribution in [0.4, 0.5) is 20.6 Å². The fourth-order valence-electron chi connectivity index (χ4n) is 2.88. The molecular weight excluding hydrogens is 351 g/mol. The summed E-state index contributed by atoms with van der Waals surface area (Å²) in [6.45, 7) is 3.76. The number of nitrogens with zero attached hydrogens (tertiary/aromatic N) is 2. The molecule has 2 unspecified atom stereocenters. The van der Waals surface area contributed by atoms with E-state index in [9.17, 15) is 14.0 Å². The van der Waals surface area contributed by atoms with Gasteiger partial charge in [-0.2, -0.15) is 0 Å². The number of carbonyl (C=O) groups excluding carboxylic acids is 2. The molecule has 0 bridgehead atoms. The zero-order valence-corrected chi connectivity index (χ0v) is 14.7. The van der Waals surface area contributed by atoms with Gasteiger partial charge in [-0.15, -0.1) is 12.4 Å². The van der Waals surface area contributed by atoms with Crippen LogP contribution in [0.5, 0.6) is 0 Å². The molecule has 2 atom stereocenters. The molecule has 2 heterocycles. The third kappa shape index (κ3) is 4.73. The molecule has 2 amide bonds. The smallest absolute Gasteiger partial charge is 0.414 e. The summed E-state index contributed by atoms with van der Waals surface area (Å²) >= 11 is 0. The molecule has 0 spiro atoms. The predicted octanol–water partition coefficient (Wildman–Crippen LogP) is 1.27. The number of anilines is 2. The standard InChI is InChI=1S/C16H21FN4O3.ClH/c1-11(22)19-8-14-9-21(16(23)24-14)13-4-2-12(3-5-13)20-7-6-18-15(17)10-20;/h2-5,14-15,18H,6-10H2,1H3,(H,19,22);1H. The fraction of sp³-hybridized carbons (Fsp3) is 0.500. The second-order valence-corrected chi connectivity index (χ2v) is 5.94. The number of halogens is 2. The molecule has 2 aliphatic rings. The number of ether oxygens (including phenoxy) is 1. The predicted molar refractivity (Wildman–Crippen MR) is 95.1 cm³/mol. The van der Waals surface area contributed by atoms with Gasteiger partial charge in [0.25, 0.3) is 0 Å². The van der Waals surface area contributed by atoms with Crippen molar-refractivity contribution in [3.63, 3.8) is 0 Å². The van der Waals surface area contributed by atoms with Crippen molar-refractivity contribution in [1.29, 1.82) is 0 Å². The highest BCUT2D eigenvalue weighted by atomic mass is 35.5. The van der Waals surface area contributed by atoms with Crippen LogP contribution in [0.25, 0.3) is 0 Å². The molecule has 9 heteroatoms. The van der Waals surface area contributed by atoms with E-state index in [1.165, 1.54) is 11.8 Å². The maximum atomic E-state index is 13.4. The quantitative estimate of drug-likeness (QED) is 0.779. The van der Waals surface area contributed by atoms with Crippen molar-refractivity contribution in [3.8, 4) is 0 Å². The average Bonchev–Trinajstić information content (AvgIpc) is 2.94. The number of cyclic esters (lactones) is 1. The van der Waals surface area contributed by atoms with Crippen molar-refractivity contribution in [3.05, 3.63) is 24.3 Å². The minimum Gasteiger partial charge on any atom is -0.442 e. The largest absolute Gasteiger partial charge is 0.442 e. The minimum absolute atomic E-state index is 0. The lowest BCUT2D eigenvalue weighted by atomic mass is 10.2. The summed E-state index contributed by atoms with van der Waals surface area (Å²) in [5.41, 5.74) is 1.64. The topological polar surface area (TPSA) is 73.9 Å². The van der Waals surface area contributed by atoms with Crippen molar-refractivity contribution in [2.24, 2.45) is 0 Å². The van der Waals surface area contributed by atoms with Crippen molar-refractivity contribution in [2.75, 3.05) is 42.5 Å². The molecule has 2 fully saturated rings. The monoisotopic (exact) mass is 372 g/mol. The summed E-state index contributed by atoms with van der Waals surface area (Å²) in [6, 6.07) is 7.41. The van der Waals surface area contributed by atoms with Crippen LogP contribution in [-0.4, -0.2) is 57.1 Å². The van der Waals surface area contributed by atoms with Gasteiger partial charge in [-0.1, -0.05) is 0 Å². The number of rotatable bonds is 4. The Labute approximate surface area is 151 Å². The molecule has 0 aliphatic carbocycles. The maximum Gasteiger partial charge on any atom is 0.414 e. The van der Waals surface area contributed by atoms with Gasteiger partial charge in [-0.25, -0.2) is 9.18 Å². The zero-order chi connectivity index (χ0) is 17.1. The lowest BCUT2D eigenvalue weighted by Gasteiger charge is -2.31. The number of alkyl halides is 1. The van der Waals surface area contributed by atoms with Gasteiger partial charge in [0.15, 0.2) is 6.30 Å². The highest BCUT2D eigenvalue weighted by molar-refractivity contribution is 5.90. The molecule has 0 saturated carbocycles. The van der Waals surface area contributed by atoms with Gasteiger partial charge in [0, 0.05) is 31.4 Å². The van der Waals surface area contributed by atoms with E-state index in [2.05, 4.69) is 10.6 Å². The molecule has 25 heavy (non-hydrogen) atoms. The Balaban J connectivity index is 0.00000225. The third-order valence-electron chi connectivity index (χ3n) is 4.11. The van der Waals surface area contributed by atoms with Gasteiger partial charge in [0.05, 0.1) is 19.6 Å². The molecule has 7 nitrogen and oxygen atoms in total. The second kappa shape index (κ2) is 8.35. The lowest BCUT2D eigenvalue weighted by molar-refractivity contribution is -0.119. The highest BCUT2D eigenvalue weighted by Gasteiger charge is 2.32. The van der Waals surface area contributed by atoms with Crippen LogP contribution in [0.15, 0.2) is 24.3 Å². The SMILES string of the molecule is CC(=O)NCC1CN(c2ccc(N3CCNC(F)C3)cc2)C(=O)O1.Cl. The van der Waals surface area contributed by atoms with E-state index in [0.717, 1.165) is 17.9 Å². The molecule has 138 valence electrons. The second-order valence-electron chi connectivity index (χ2n) is 5.94. The van der Waals surface area contributed by atoms with E-state index >= 15 is 0 Å². The van der Waals surface area contributed by atoms with Gasteiger partial charge in [-0.3, -0.25) is 15.0 Å². The number of carbonyl (C=O) groups is 2. The van der Waals surface area contributed by atoms with Gasteiger partial charge in [0.1, 0.15) is 6.10 Å². The maximum absolute atomic E-state index is 13.4. The highest BCUT2D eigenvalue weighted by Crippen LogP contribution is 2.25. The Kier molecular flexibility index (Phi) is 6.44. The Morgan fingerprint density at radius 2 is 2.00 bits per heavy atom. The molecule has 0 aromatic heterocycles. The van der Waals surface area contributed by atoms with Crippen LogP contribution in [-0.2, 0) is 9.53 Å². The number of hydrogen-bond donors (Lipinski definition) is 2. The van der Waals surface area contributed by atoms with Crippen LogP contribution < -0.4 is 20.4 Å². The van der Waals surface area contributed by atoms with E-state index in [1.54, 1.807) is 0 Å². The van der Waals surface area contributed by atoms with E-state index < -0.39 is 12.4 Å². The Morgan fingerprint density at radius 1 is 1.32 bits per heavy atom. The fourth-order valence-corrected chi connectivity index (χ4v) is 2.88.